The zero-order valence-corrected chi connectivity index (χ0v) is 17.1. The van der Waals surface area contributed by atoms with E-state index in [9.17, 15) is 14.4 Å². The van der Waals surface area contributed by atoms with Crippen LogP contribution in [0, 0.1) is 12.8 Å². The number of carbonyl (C=O) groups excluding carboxylic acids is 3. The van der Waals surface area contributed by atoms with Crippen molar-refractivity contribution in [3.05, 3.63) is 59.7 Å². The molecule has 0 aliphatic carbocycles. The Balaban J connectivity index is 1.36. The van der Waals surface area contributed by atoms with Crippen LogP contribution in [0.2, 0.25) is 0 Å². The maximum absolute atomic E-state index is 12.7. The number of rotatable bonds is 4. The number of aryl methyl sites for hydroxylation is 1. The molecular weight excluding hydrogens is 380 g/mol. The van der Waals surface area contributed by atoms with Crippen LogP contribution >= 0.6 is 0 Å². The van der Waals surface area contributed by atoms with E-state index < -0.39 is 11.8 Å². The Morgan fingerprint density at radius 3 is 2.07 bits per heavy atom. The van der Waals surface area contributed by atoms with Crippen molar-refractivity contribution in [1.29, 1.82) is 0 Å². The lowest BCUT2D eigenvalue weighted by Gasteiger charge is -2.36. The number of hydrogen-bond acceptors (Lipinski definition) is 4. The van der Waals surface area contributed by atoms with Gasteiger partial charge in [0.2, 0.25) is 11.8 Å². The average Bonchev–Trinajstić information content (AvgIpc) is 3.16. The zero-order chi connectivity index (χ0) is 21.3. The van der Waals surface area contributed by atoms with Gasteiger partial charge in [0, 0.05) is 56.1 Å². The molecule has 2 heterocycles. The summed E-state index contributed by atoms with van der Waals surface area (Å²) in [5.41, 5.74) is 9.04. The molecule has 7 nitrogen and oxygen atoms in total. The van der Waals surface area contributed by atoms with Crippen LogP contribution in [0.3, 0.4) is 0 Å². The molecule has 2 aliphatic rings. The van der Waals surface area contributed by atoms with E-state index in [2.05, 4.69) is 4.90 Å². The number of piperazine rings is 1. The van der Waals surface area contributed by atoms with Crippen molar-refractivity contribution in [2.45, 2.75) is 13.3 Å². The Hall–Kier alpha value is -3.35. The van der Waals surface area contributed by atoms with Crippen LogP contribution in [0.1, 0.15) is 22.3 Å². The Labute approximate surface area is 176 Å². The molecule has 2 fully saturated rings. The number of benzene rings is 2. The van der Waals surface area contributed by atoms with E-state index in [0.717, 1.165) is 35.6 Å². The molecule has 0 radical (unpaired) electrons. The van der Waals surface area contributed by atoms with E-state index >= 15 is 0 Å². The van der Waals surface area contributed by atoms with Crippen molar-refractivity contribution >= 4 is 29.1 Å². The maximum atomic E-state index is 12.7. The SMILES string of the molecule is Cc1ccc(C(=O)N2CCN(c3ccc(N4C[C@H](C(N)=O)CC4=O)cc3)CC2)cc1. The third-order valence-electron chi connectivity index (χ3n) is 5.92. The van der Waals surface area contributed by atoms with E-state index in [-0.39, 0.29) is 18.2 Å². The minimum atomic E-state index is -0.430. The monoisotopic (exact) mass is 406 g/mol. The normalized spacial score (nSPS) is 19.3. The smallest absolute Gasteiger partial charge is 0.253 e. The van der Waals surface area contributed by atoms with Gasteiger partial charge in [-0.15, -0.1) is 0 Å². The lowest BCUT2D eigenvalue weighted by atomic mass is 10.1. The highest BCUT2D eigenvalue weighted by atomic mass is 16.2. The molecule has 156 valence electrons. The van der Waals surface area contributed by atoms with Gasteiger partial charge in [-0.05, 0) is 43.3 Å². The number of amides is 3. The molecule has 2 saturated heterocycles. The first-order chi connectivity index (χ1) is 14.4. The van der Waals surface area contributed by atoms with Gasteiger partial charge in [-0.2, -0.15) is 0 Å². The first-order valence-corrected chi connectivity index (χ1v) is 10.2. The maximum Gasteiger partial charge on any atom is 0.253 e. The highest BCUT2D eigenvalue weighted by molar-refractivity contribution is 6.00. The summed E-state index contributed by atoms with van der Waals surface area (Å²) in [6.45, 7) is 5.19. The van der Waals surface area contributed by atoms with Crippen molar-refractivity contribution in [1.82, 2.24) is 4.90 Å². The molecule has 30 heavy (non-hydrogen) atoms. The molecule has 0 spiro atoms. The Kier molecular flexibility index (Phi) is 5.44. The summed E-state index contributed by atoms with van der Waals surface area (Å²) in [6.07, 6.45) is 0.175. The summed E-state index contributed by atoms with van der Waals surface area (Å²) in [7, 11) is 0. The number of carbonyl (C=O) groups is 3. The summed E-state index contributed by atoms with van der Waals surface area (Å²) in [4.78, 5) is 42.0. The van der Waals surface area contributed by atoms with Crippen molar-refractivity contribution in [2.24, 2.45) is 11.7 Å². The quantitative estimate of drug-likeness (QED) is 0.839. The standard InChI is InChI=1S/C23H26N4O3/c1-16-2-4-17(5-3-16)23(30)26-12-10-25(11-13-26)19-6-8-20(9-7-19)27-15-18(22(24)29)14-21(27)28/h2-9,18H,10-15H2,1H3,(H2,24,29)/t18-/m1/s1. The number of nitrogens with zero attached hydrogens (tertiary/aromatic N) is 3. The molecular formula is C23H26N4O3. The van der Waals surface area contributed by atoms with E-state index in [1.54, 1.807) is 4.90 Å². The molecule has 4 rings (SSSR count). The summed E-state index contributed by atoms with van der Waals surface area (Å²) in [5.74, 6) is -0.854. The van der Waals surface area contributed by atoms with Crippen LogP contribution in [-0.4, -0.2) is 55.3 Å². The topological polar surface area (TPSA) is 86.9 Å². The highest BCUT2D eigenvalue weighted by Crippen LogP contribution is 2.27. The van der Waals surface area contributed by atoms with Crippen LogP contribution < -0.4 is 15.5 Å². The Morgan fingerprint density at radius 2 is 1.50 bits per heavy atom. The van der Waals surface area contributed by atoms with Gasteiger partial charge in [0.25, 0.3) is 5.91 Å². The van der Waals surface area contributed by atoms with Crippen LogP contribution in [0.25, 0.3) is 0 Å². The number of hydrogen-bond donors (Lipinski definition) is 1. The number of nitrogens with two attached hydrogens (primary N) is 1. The van der Waals surface area contributed by atoms with Crippen molar-refractivity contribution < 1.29 is 14.4 Å². The summed E-state index contributed by atoms with van der Waals surface area (Å²) >= 11 is 0. The van der Waals surface area contributed by atoms with Crippen LogP contribution in [0.5, 0.6) is 0 Å². The largest absolute Gasteiger partial charge is 0.369 e. The first kappa shape index (κ1) is 19.9. The second kappa shape index (κ2) is 8.18. The predicted molar refractivity (Wildman–Crippen MR) is 115 cm³/mol. The summed E-state index contributed by atoms with van der Waals surface area (Å²) < 4.78 is 0. The summed E-state index contributed by atoms with van der Waals surface area (Å²) in [5, 5.41) is 0. The average molecular weight is 406 g/mol. The summed E-state index contributed by atoms with van der Waals surface area (Å²) in [6, 6.07) is 15.5. The van der Waals surface area contributed by atoms with Gasteiger partial charge in [0.1, 0.15) is 0 Å². The van der Waals surface area contributed by atoms with Gasteiger partial charge >= 0.3 is 0 Å². The molecule has 2 aromatic carbocycles. The van der Waals surface area contributed by atoms with E-state index in [1.807, 2.05) is 60.4 Å². The zero-order valence-electron chi connectivity index (χ0n) is 17.1. The Morgan fingerprint density at radius 1 is 0.900 bits per heavy atom. The highest BCUT2D eigenvalue weighted by Gasteiger charge is 2.34. The van der Waals surface area contributed by atoms with Gasteiger partial charge in [-0.3, -0.25) is 14.4 Å². The number of primary amides is 1. The lowest BCUT2D eigenvalue weighted by molar-refractivity contribution is -0.123. The van der Waals surface area contributed by atoms with Gasteiger partial charge < -0.3 is 20.4 Å². The predicted octanol–water partition coefficient (Wildman–Crippen LogP) is 1.80. The third kappa shape index (κ3) is 4.01. The second-order valence-electron chi connectivity index (χ2n) is 7.97. The van der Waals surface area contributed by atoms with Crippen molar-refractivity contribution in [2.75, 3.05) is 42.5 Å². The fourth-order valence-corrected chi connectivity index (χ4v) is 4.04. The molecule has 1 atom stereocenters. The first-order valence-electron chi connectivity index (χ1n) is 10.2. The molecule has 2 aliphatic heterocycles. The van der Waals surface area contributed by atoms with Crippen LogP contribution in [0.4, 0.5) is 11.4 Å². The minimum absolute atomic E-state index is 0.0709. The Bertz CT molecular complexity index is 947. The third-order valence-corrected chi connectivity index (χ3v) is 5.92. The molecule has 0 aromatic heterocycles. The second-order valence-corrected chi connectivity index (χ2v) is 7.97. The van der Waals surface area contributed by atoms with E-state index in [0.29, 0.717) is 19.6 Å². The molecule has 7 heteroatoms. The molecule has 2 N–H and O–H groups in total. The van der Waals surface area contributed by atoms with Crippen molar-refractivity contribution in [3.63, 3.8) is 0 Å². The lowest BCUT2D eigenvalue weighted by Crippen LogP contribution is -2.48. The molecule has 0 bridgehead atoms. The molecule has 0 unspecified atom stereocenters. The molecule has 0 saturated carbocycles. The van der Waals surface area contributed by atoms with Crippen molar-refractivity contribution in [3.8, 4) is 0 Å². The molecule has 3 amide bonds. The molecule has 2 aromatic rings. The van der Waals surface area contributed by atoms with Crippen LogP contribution in [0.15, 0.2) is 48.5 Å². The van der Waals surface area contributed by atoms with Gasteiger partial charge in [-0.1, -0.05) is 17.7 Å². The van der Waals surface area contributed by atoms with Gasteiger partial charge in [-0.25, -0.2) is 0 Å². The van der Waals surface area contributed by atoms with Crippen LogP contribution in [-0.2, 0) is 9.59 Å². The van der Waals surface area contributed by atoms with Gasteiger partial charge in [0.15, 0.2) is 0 Å². The fourth-order valence-electron chi connectivity index (χ4n) is 4.04. The minimum Gasteiger partial charge on any atom is -0.369 e. The number of anilines is 2. The fraction of sp³-hybridized carbons (Fsp3) is 0.348. The van der Waals surface area contributed by atoms with E-state index in [1.165, 1.54) is 0 Å². The van der Waals surface area contributed by atoms with Gasteiger partial charge in [0.05, 0.1) is 5.92 Å². The van der Waals surface area contributed by atoms with E-state index in [4.69, 9.17) is 5.73 Å².